The molecule has 1 saturated heterocycles. The molecular formula is C37H48N4O8. The van der Waals surface area contributed by atoms with Crippen LogP contribution in [0.4, 0.5) is 4.79 Å². The van der Waals surface area contributed by atoms with E-state index in [1.165, 1.54) is 0 Å². The summed E-state index contributed by atoms with van der Waals surface area (Å²) in [6.07, 6.45) is 7.68. The van der Waals surface area contributed by atoms with Gasteiger partial charge in [0.1, 0.15) is 35.3 Å². The highest BCUT2D eigenvalue weighted by Crippen LogP contribution is 2.52. The van der Waals surface area contributed by atoms with E-state index in [0.717, 1.165) is 36.6 Å². The first-order chi connectivity index (χ1) is 23.3. The van der Waals surface area contributed by atoms with Gasteiger partial charge in [-0.3, -0.25) is 4.79 Å². The monoisotopic (exact) mass is 676 g/mol. The lowest BCUT2D eigenvalue weighted by molar-refractivity contribution is -0.138. The molecule has 12 heteroatoms. The normalized spacial score (nSPS) is 27.0. The topological polar surface area (TPSA) is 138 Å². The number of ether oxygens (including phenoxy) is 5. The molecule has 4 aliphatic rings. The summed E-state index contributed by atoms with van der Waals surface area (Å²) in [6, 6.07) is 4.02. The third-order valence-electron chi connectivity index (χ3n) is 9.39. The zero-order valence-electron chi connectivity index (χ0n) is 29.5. The van der Waals surface area contributed by atoms with E-state index in [9.17, 15) is 14.4 Å². The van der Waals surface area contributed by atoms with Crippen molar-refractivity contribution in [3.8, 4) is 17.4 Å². The number of allylic oxidation sites excluding steroid dienone is 1. The number of hydrogen-bond acceptors (Lipinski definition) is 10. The predicted molar refractivity (Wildman–Crippen MR) is 183 cm³/mol. The van der Waals surface area contributed by atoms with Gasteiger partial charge in [0.15, 0.2) is 5.54 Å². The SMILES string of the molecule is COc1ccc2c(O[C@@H]3C[C@H]4C5=N[C@@]6(C[C@H]6C=CCCCCC[C@H](NC(=O)OC(C)(C)C)C(=O)N4C3)C(=O)O5)cc(OC(C)C)nc2c1C. The van der Waals surface area contributed by atoms with Crippen LogP contribution in [0, 0.1) is 12.8 Å². The van der Waals surface area contributed by atoms with Gasteiger partial charge in [0, 0.05) is 29.4 Å². The van der Waals surface area contributed by atoms with E-state index >= 15 is 0 Å². The summed E-state index contributed by atoms with van der Waals surface area (Å²) in [5.74, 6) is 1.15. The number of hydrogen-bond donors (Lipinski definition) is 1. The Kier molecular flexibility index (Phi) is 9.52. The number of esters is 1. The van der Waals surface area contributed by atoms with Crippen LogP contribution < -0.4 is 19.5 Å². The van der Waals surface area contributed by atoms with Crippen molar-refractivity contribution in [2.24, 2.45) is 10.9 Å². The summed E-state index contributed by atoms with van der Waals surface area (Å²) < 4.78 is 29.7. The van der Waals surface area contributed by atoms with E-state index in [1.807, 2.05) is 32.9 Å². The van der Waals surface area contributed by atoms with Crippen LogP contribution in [0.3, 0.4) is 0 Å². The maximum absolute atomic E-state index is 14.5. The van der Waals surface area contributed by atoms with E-state index in [4.69, 9.17) is 33.7 Å². The molecule has 1 aromatic heterocycles. The number of nitrogens with one attached hydrogen (secondary N) is 1. The third-order valence-corrected chi connectivity index (χ3v) is 9.39. The molecular weight excluding hydrogens is 628 g/mol. The molecule has 6 rings (SSSR count). The Hall–Kier alpha value is -4.35. The number of amides is 2. The van der Waals surface area contributed by atoms with Gasteiger partial charge in [-0.25, -0.2) is 19.6 Å². The lowest BCUT2D eigenvalue weighted by Gasteiger charge is -2.29. The molecule has 1 aromatic carbocycles. The number of alkyl carbamates (subject to hydrolysis) is 1. The van der Waals surface area contributed by atoms with Crippen molar-refractivity contribution < 1.29 is 38.1 Å². The average molecular weight is 677 g/mol. The van der Waals surface area contributed by atoms with Crippen LogP contribution in [-0.4, -0.2) is 82.8 Å². The number of benzene rings is 1. The molecule has 12 nitrogen and oxygen atoms in total. The highest BCUT2D eigenvalue weighted by atomic mass is 16.6. The molecule has 1 saturated carbocycles. The Morgan fingerprint density at radius 2 is 1.94 bits per heavy atom. The van der Waals surface area contributed by atoms with Gasteiger partial charge in [-0.15, -0.1) is 0 Å². The molecule has 1 aliphatic carbocycles. The minimum atomic E-state index is -0.936. The van der Waals surface area contributed by atoms with Crippen molar-refractivity contribution in [2.45, 2.75) is 122 Å². The Morgan fingerprint density at radius 1 is 1.14 bits per heavy atom. The van der Waals surface area contributed by atoms with Crippen molar-refractivity contribution in [3.63, 3.8) is 0 Å². The van der Waals surface area contributed by atoms with Gasteiger partial charge in [-0.2, -0.15) is 0 Å². The number of nitrogens with zero attached hydrogens (tertiary/aromatic N) is 3. The molecule has 1 spiro atoms. The molecule has 0 radical (unpaired) electrons. The maximum Gasteiger partial charge on any atom is 0.408 e. The first-order valence-corrected chi connectivity index (χ1v) is 17.4. The van der Waals surface area contributed by atoms with Crippen LogP contribution in [0.2, 0.25) is 0 Å². The fourth-order valence-corrected chi connectivity index (χ4v) is 6.93. The number of aryl methyl sites for hydroxylation is 1. The summed E-state index contributed by atoms with van der Waals surface area (Å²) in [4.78, 5) is 51.9. The second-order valence-corrected chi connectivity index (χ2v) is 14.7. The maximum atomic E-state index is 14.5. The van der Waals surface area contributed by atoms with E-state index in [1.54, 1.807) is 38.8 Å². The molecule has 2 amide bonds. The number of carbonyl (C=O) groups excluding carboxylic acids is 3. The minimum absolute atomic E-state index is 0.0235. The van der Waals surface area contributed by atoms with Crippen molar-refractivity contribution in [1.29, 1.82) is 0 Å². The van der Waals surface area contributed by atoms with Crippen molar-refractivity contribution >= 4 is 34.8 Å². The fraction of sp³-hybridized carbons (Fsp3) is 0.595. The number of carbonyl (C=O) groups is 3. The first-order valence-electron chi connectivity index (χ1n) is 17.4. The van der Waals surface area contributed by atoms with Gasteiger partial charge in [-0.1, -0.05) is 25.0 Å². The Morgan fingerprint density at radius 3 is 2.67 bits per heavy atom. The Balaban J connectivity index is 1.35. The van der Waals surface area contributed by atoms with Gasteiger partial charge >= 0.3 is 12.1 Å². The van der Waals surface area contributed by atoms with Crippen LogP contribution in [0.15, 0.2) is 35.3 Å². The second kappa shape index (κ2) is 13.5. The summed E-state index contributed by atoms with van der Waals surface area (Å²) >= 11 is 0. The zero-order chi connectivity index (χ0) is 35.1. The number of aromatic nitrogens is 1. The van der Waals surface area contributed by atoms with Crippen molar-refractivity contribution in [1.82, 2.24) is 15.2 Å². The highest BCUT2D eigenvalue weighted by Gasteiger charge is 2.65. The van der Waals surface area contributed by atoms with Gasteiger partial charge < -0.3 is 33.9 Å². The quantitative estimate of drug-likeness (QED) is 0.297. The standard InChI is InChI=1S/C37H48N4O8/c1-21(2)46-30-18-29(25-15-16-28(45-7)22(3)31(25)39-30)47-24-17-27-32-40-37(34(43)48-32)19-23(37)13-11-9-8-10-12-14-26(33(42)41(27)20-24)38-35(44)49-36(4,5)6/h11,13,15-16,18,21,23-24,26-27H,8-10,12,14,17,19-20H2,1-7H3,(H,38,44)/t23-,24-,26+,27+,37-/m1/s1. The summed E-state index contributed by atoms with van der Waals surface area (Å²) in [5.41, 5.74) is -0.143. The lowest BCUT2D eigenvalue weighted by atomic mass is 10.0. The molecule has 49 heavy (non-hydrogen) atoms. The molecule has 2 fully saturated rings. The van der Waals surface area contributed by atoms with Crippen LogP contribution in [-0.2, 0) is 19.1 Å². The molecule has 4 heterocycles. The number of aliphatic imine (C=N–C) groups is 1. The minimum Gasteiger partial charge on any atom is -0.496 e. The van der Waals surface area contributed by atoms with E-state index < -0.39 is 35.4 Å². The smallest absolute Gasteiger partial charge is 0.408 e. The van der Waals surface area contributed by atoms with Gasteiger partial charge in [0.05, 0.1) is 25.3 Å². The molecule has 264 valence electrons. The van der Waals surface area contributed by atoms with E-state index in [-0.39, 0.29) is 36.3 Å². The number of pyridine rings is 1. The van der Waals surface area contributed by atoms with Crippen LogP contribution >= 0.6 is 0 Å². The lowest BCUT2D eigenvalue weighted by Crippen LogP contribution is -2.52. The Labute approximate surface area is 287 Å². The molecule has 2 aromatic rings. The van der Waals surface area contributed by atoms with Gasteiger partial charge in [0.2, 0.25) is 17.7 Å². The largest absolute Gasteiger partial charge is 0.496 e. The average Bonchev–Trinajstić information content (AvgIpc) is 3.38. The summed E-state index contributed by atoms with van der Waals surface area (Å²) in [6.45, 7) is 11.3. The molecule has 5 atom stereocenters. The third kappa shape index (κ3) is 7.33. The molecule has 0 unspecified atom stereocenters. The summed E-state index contributed by atoms with van der Waals surface area (Å²) in [7, 11) is 1.62. The van der Waals surface area contributed by atoms with Crippen molar-refractivity contribution in [3.05, 3.63) is 35.9 Å². The van der Waals surface area contributed by atoms with Crippen LogP contribution in [0.5, 0.6) is 17.4 Å². The van der Waals surface area contributed by atoms with Crippen LogP contribution in [0.25, 0.3) is 10.9 Å². The van der Waals surface area contributed by atoms with E-state index in [2.05, 4.69) is 17.5 Å². The fourth-order valence-electron chi connectivity index (χ4n) is 6.93. The van der Waals surface area contributed by atoms with Gasteiger partial charge in [0.25, 0.3) is 0 Å². The number of methoxy groups -OCH3 is 1. The molecule has 1 N–H and O–H groups in total. The second-order valence-electron chi connectivity index (χ2n) is 14.7. The van der Waals surface area contributed by atoms with E-state index in [0.29, 0.717) is 42.2 Å². The zero-order valence-corrected chi connectivity index (χ0v) is 29.5. The van der Waals surface area contributed by atoms with Crippen molar-refractivity contribution in [2.75, 3.05) is 13.7 Å². The highest BCUT2D eigenvalue weighted by molar-refractivity contribution is 6.06. The summed E-state index contributed by atoms with van der Waals surface area (Å²) in [5, 5.41) is 3.61. The van der Waals surface area contributed by atoms with Crippen LogP contribution in [0.1, 0.15) is 85.1 Å². The van der Waals surface area contributed by atoms with Gasteiger partial charge in [-0.05, 0) is 79.4 Å². The number of rotatable bonds is 6. The molecule has 3 aliphatic heterocycles. The first kappa shape index (κ1) is 34.5. The predicted octanol–water partition coefficient (Wildman–Crippen LogP) is 5.81. The number of fused-ring (bicyclic) bond motifs is 3. The Bertz CT molecular complexity index is 1680. The molecule has 2 bridgehead atoms.